The summed E-state index contributed by atoms with van der Waals surface area (Å²) in [6.07, 6.45) is 4.20. The molecule has 3 aliphatic heterocycles. The van der Waals surface area contributed by atoms with Gasteiger partial charge >= 0.3 is 0 Å². The molecule has 0 aromatic heterocycles. The molecule has 3 heterocycles. The molecule has 3 fully saturated rings. The van der Waals surface area contributed by atoms with E-state index >= 15 is 0 Å². The van der Waals surface area contributed by atoms with Crippen molar-refractivity contribution in [1.82, 2.24) is 15.6 Å². The van der Waals surface area contributed by atoms with Crippen molar-refractivity contribution in [2.45, 2.75) is 18.9 Å². The summed E-state index contributed by atoms with van der Waals surface area (Å²) in [7, 11) is 3.23. The summed E-state index contributed by atoms with van der Waals surface area (Å²) in [6, 6.07) is 6.08. The molecule has 1 aromatic carbocycles. The van der Waals surface area contributed by atoms with E-state index in [9.17, 15) is 0 Å². The van der Waals surface area contributed by atoms with Gasteiger partial charge in [-0.3, -0.25) is 5.43 Å². The molecule has 130 valence electrons. The molecule has 0 amide bonds. The van der Waals surface area contributed by atoms with Gasteiger partial charge in [0.25, 0.3) is 0 Å². The zero-order chi connectivity index (χ0) is 16.9. The third-order valence-electron chi connectivity index (χ3n) is 4.78. The average molecular weight is 348 g/mol. The maximum Gasteiger partial charge on any atom is 0.187 e. The Morgan fingerprint density at radius 2 is 2.08 bits per heavy atom. The molecule has 7 heteroatoms. The molecule has 1 unspecified atom stereocenters. The number of rotatable bonds is 5. The fourth-order valence-electron chi connectivity index (χ4n) is 3.50. The molecule has 0 saturated carbocycles. The number of ether oxygens (including phenoxy) is 2. The van der Waals surface area contributed by atoms with Gasteiger partial charge in [0.15, 0.2) is 16.6 Å². The van der Waals surface area contributed by atoms with Crippen molar-refractivity contribution in [3.8, 4) is 11.5 Å². The molecule has 0 aliphatic carbocycles. The Kier molecular flexibility index (Phi) is 5.52. The summed E-state index contributed by atoms with van der Waals surface area (Å²) in [5.74, 6) is 2.05. The normalized spacial score (nSPS) is 25.5. The van der Waals surface area contributed by atoms with Gasteiger partial charge in [-0.05, 0) is 56.2 Å². The van der Waals surface area contributed by atoms with E-state index in [2.05, 4.69) is 20.7 Å². The summed E-state index contributed by atoms with van der Waals surface area (Å²) in [5, 5.41) is 8.18. The van der Waals surface area contributed by atoms with Crippen molar-refractivity contribution < 1.29 is 9.47 Å². The second kappa shape index (κ2) is 7.81. The molecule has 1 atom stereocenters. The van der Waals surface area contributed by atoms with Crippen molar-refractivity contribution in [2.75, 3.05) is 33.9 Å². The average Bonchev–Trinajstić information content (AvgIpc) is 2.62. The highest BCUT2D eigenvalue weighted by molar-refractivity contribution is 7.80. The van der Waals surface area contributed by atoms with E-state index in [0.717, 1.165) is 18.0 Å². The lowest BCUT2D eigenvalue weighted by atomic mass is 9.84. The van der Waals surface area contributed by atoms with Crippen LogP contribution in [-0.2, 0) is 0 Å². The second-order valence-electron chi connectivity index (χ2n) is 6.17. The van der Waals surface area contributed by atoms with Gasteiger partial charge in [-0.1, -0.05) is 6.07 Å². The molecule has 1 aromatic rings. The minimum Gasteiger partial charge on any atom is -0.493 e. The summed E-state index contributed by atoms with van der Waals surface area (Å²) >= 11 is 5.37. The summed E-state index contributed by atoms with van der Waals surface area (Å²) in [5.41, 5.74) is 3.73. The van der Waals surface area contributed by atoms with Gasteiger partial charge in [0, 0.05) is 18.2 Å². The Hall–Kier alpha value is -1.86. The van der Waals surface area contributed by atoms with Crippen LogP contribution in [0.5, 0.6) is 11.5 Å². The van der Waals surface area contributed by atoms with Crippen LogP contribution in [-0.4, -0.2) is 56.1 Å². The van der Waals surface area contributed by atoms with Crippen LogP contribution in [0.3, 0.4) is 0 Å². The molecule has 0 radical (unpaired) electrons. The lowest BCUT2D eigenvalue weighted by molar-refractivity contribution is 0.0812. The molecule has 24 heavy (non-hydrogen) atoms. The lowest BCUT2D eigenvalue weighted by Crippen LogP contribution is -2.58. The number of piperidine rings is 3. The molecule has 0 spiro atoms. The molecule has 3 aliphatic rings. The topological polar surface area (TPSA) is 58.1 Å². The molecule has 2 bridgehead atoms. The Morgan fingerprint density at radius 3 is 2.71 bits per heavy atom. The van der Waals surface area contributed by atoms with Gasteiger partial charge in [0.1, 0.15) is 0 Å². The third-order valence-corrected chi connectivity index (χ3v) is 4.98. The van der Waals surface area contributed by atoms with Crippen LogP contribution in [0.1, 0.15) is 18.4 Å². The molecule has 6 nitrogen and oxygen atoms in total. The monoisotopic (exact) mass is 348 g/mol. The standard InChI is InChI=1S/C17H24N4O2S/c1-22-15-5-3-4-13(16(15)23-2)10-18-20-17(24)19-14-11-21-8-6-12(14)7-9-21/h3-5,10,12,14H,6-9,11H2,1-2H3,(H2,19,20,24). The summed E-state index contributed by atoms with van der Waals surface area (Å²) in [6.45, 7) is 3.51. The van der Waals surface area contributed by atoms with Crippen molar-refractivity contribution >= 4 is 23.5 Å². The number of nitrogens with zero attached hydrogens (tertiary/aromatic N) is 2. The Bertz CT molecular complexity index is 615. The second-order valence-corrected chi connectivity index (χ2v) is 6.58. The molecule has 4 rings (SSSR count). The number of thiocarbonyl (C=S) groups is 1. The minimum atomic E-state index is 0.425. The van der Waals surface area contributed by atoms with Crippen LogP contribution in [0.15, 0.2) is 23.3 Å². The highest BCUT2D eigenvalue weighted by Gasteiger charge is 2.34. The predicted molar refractivity (Wildman–Crippen MR) is 99.0 cm³/mol. The van der Waals surface area contributed by atoms with E-state index < -0.39 is 0 Å². The van der Waals surface area contributed by atoms with Crippen molar-refractivity contribution in [1.29, 1.82) is 0 Å². The van der Waals surface area contributed by atoms with E-state index in [4.69, 9.17) is 21.7 Å². The largest absolute Gasteiger partial charge is 0.493 e. The summed E-state index contributed by atoms with van der Waals surface area (Å²) in [4.78, 5) is 2.49. The first-order chi connectivity index (χ1) is 11.7. The lowest BCUT2D eigenvalue weighted by Gasteiger charge is -2.45. The third kappa shape index (κ3) is 3.79. The van der Waals surface area contributed by atoms with Crippen molar-refractivity contribution in [2.24, 2.45) is 11.0 Å². The van der Waals surface area contributed by atoms with E-state index in [-0.39, 0.29) is 0 Å². The number of hydrogen-bond acceptors (Lipinski definition) is 5. The molecule has 3 saturated heterocycles. The Balaban J connectivity index is 1.55. The smallest absolute Gasteiger partial charge is 0.187 e. The number of benzene rings is 1. The first kappa shape index (κ1) is 17.0. The van der Waals surface area contributed by atoms with E-state index in [0.29, 0.717) is 22.7 Å². The number of para-hydroxylation sites is 1. The highest BCUT2D eigenvalue weighted by Crippen LogP contribution is 2.29. The van der Waals surface area contributed by atoms with Crippen molar-refractivity contribution in [3.05, 3.63) is 23.8 Å². The number of hydrazone groups is 1. The maximum atomic E-state index is 5.38. The van der Waals surface area contributed by atoms with Gasteiger partial charge in [0.05, 0.1) is 20.4 Å². The van der Waals surface area contributed by atoms with Gasteiger partial charge in [-0.25, -0.2) is 0 Å². The molecule has 2 N–H and O–H groups in total. The first-order valence-electron chi connectivity index (χ1n) is 8.24. The molecular formula is C17H24N4O2S. The number of nitrogens with one attached hydrogen (secondary N) is 2. The quantitative estimate of drug-likeness (QED) is 0.479. The molecular weight excluding hydrogens is 324 g/mol. The van der Waals surface area contributed by atoms with E-state index in [1.165, 1.54) is 25.9 Å². The van der Waals surface area contributed by atoms with Crippen LogP contribution in [0, 0.1) is 5.92 Å². The van der Waals surface area contributed by atoms with Gasteiger partial charge in [-0.2, -0.15) is 5.10 Å². The van der Waals surface area contributed by atoms with Gasteiger partial charge < -0.3 is 19.7 Å². The number of fused-ring (bicyclic) bond motifs is 3. The zero-order valence-corrected chi connectivity index (χ0v) is 14.9. The van der Waals surface area contributed by atoms with E-state index in [1.807, 2.05) is 18.2 Å². The number of methoxy groups -OCH3 is 2. The first-order valence-corrected chi connectivity index (χ1v) is 8.65. The Morgan fingerprint density at radius 1 is 1.29 bits per heavy atom. The SMILES string of the molecule is COc1cccc(C=NNC(=S)NC2CN3CCC2CC3)c1OC. The minimum absolute atomic E-state index is 0.425. The number of hydrogen-bond donors (Lipinski definition) is 2. The van der Waals surface area contributed by atoms with Crippen LogP contribution >= 0.6 is 12.2 Å². The Labute approximate surface area is 148 Å². The van der Waals surface area contributed by atoms with E-state index in [1.54, 1.807) is 20.4 Å². The fourth-order valence-corrected chi connectivity index (χ4v) is 3.71. The van der Waals surface area contributed by atoms with Crippen LogP contribution in [0.2, 0.25) is 0 Å². The van der Waals surface area contributed by atoms with Crippen LogP contribution < -0.4 is 20.2 Å². The zero-order valence-electron chi connectivity index (χ0n) is 14.1. The highest BCUT2D eigenvalue weighted by atomic mass is 32.1. The van der Waals surface area contributed by atoms with Gasteiger partial charge in [0.2, 0.25) is 0 Å². The fraction of sp³-hybridized carbons (Fsp3) is 0.529. The van der Waals surface area contributed by atoms with Gasteiger partial charge in [-0.15, -0.1) is 0 Å². The van der Waals surface area contributed by atoms with Crippen LogP contribution in [0.25, 0.3) is 0 Å². The maximum absolute atomic E-state index is 5.38. The van der Waals surface area contributed by atoms with Crippen LogP contribution in [0.4, 0.5) is 0 Å². The predicted octanol–water partition coefficient (Wildman–Crippen LogP) is 1.60. The van der Waals surface area contributed by atoms with Crippen molar-refractivity contribution in [3.63, 3.8) is 0 Å². The summed E-state index contributed by atoms with van der Waals surface area (Å²) < 4.78 is 10.7.